The zero-order chi connectivity index (χ0) is 16.5. The van der Waals surface area contributed by atoms with Crippen LogP contribution in [0.2, 0.25) is 5.02 Å². The fourth-order valence-corrected chi connectivity index (χ4v) is 3.55. The smallest absolute Gasteiger partial charge is 0.335 e. The summed E-state index contributed by atoms with van der Waals surface area (Å²) in [6.45, 7) is 3.66. The Bertz CT molecular complexity index is 847. The molecule has 22 heavy (non-hydrogen) atoms. The first kappa shape index (κ1) is 16.3. The quantitative estimate of drug-likeness (QED) is 0.893. The van der Waals surface area contributed by atoms with Crippen molar-refractivity contribution < 1.29 is 18.3 Å². The minimum Gasteiger partial charge on any atom is -0.478 e. The number of nitrogens with one attached hydrogen (secondary N) is 1. The number of carbonyl (C=O) groups is 1. The second-order valence-electron chi connectivity index (χ2n) is 4.80. The van der Waals surface area contributed by atoms with Crippen molar-refractivity contribution in [2.45, 2.75) is 18.7 Å². The number of hydrogen-bond acceptors (Lipinski definition) is 3. The first-order valence-electron chi connectivity index (χ1n) is 6.34. The highest BCUT2D eigenvalue weighted by Crippen LogP contribution is 2.27. The Morgan fingerprint density at radius 1 is 1.18 bits per heavy atom. The molecule has 0 spiro atoms. The molecule has 0 unspecified atom stereocenters. The standard InChI is InChI=1S/C15H14ClNO4S/c1-9-4-3-5-13(10(9)2)17-22(20,21)14-8-11(15(18)19)6-7-12(14)16/h3-8,17H,1-2H3,(H,18,19). The Kier molecular flexibility index (Phi) is 4.44. The van der Waals surface area contributed by atoms with E-state index in [-0.39, 0.29) is 15.5 Å². The van der Waals surface area contributed by atoms with Crippen LogP contribution in [0.3, 0.4) is 0 Å². The summed E-state index contributed by atoms with van der Waals surface area (Å²) in [5.41, 5.74) is 2.00. The van der Waals surface area contributed by atoms with Crippen molar-refractivity contribution in [1.29, 1.82) is 0 Å². The van der Waals surface area contributed by atoms with Gasteiger partial charge in [0, 0.05) is 0 Å². The normalized spacial score (nSPS) is 11.2. The SMILES string of the molecule is Cc1cccc(NS(=O)(=O)c2cc(C(=O)O)ccc2Cl)c1C. The summed E-state index contributed by atoms with van der Waals surface area (Å²) in [6, 6.07) is 8.78. The van der Waals surface area contributed by atoms with E-state index in [0.29, 0.717) is 5.69 Å². The van der Waals surface area contributed by atoms with Gasteiger partial charge in [-0.3, -0.25) is 4.72 Å². The van der Waals surface area contributed by atoms with E-state index in [1.54, 1.807) is 19.1 Å². The van der Waals surface area contributed by atoms with Crippen LogP contribution in [-0.2, 0) is 10.0 Å². The van der Waals surface area contributed by atoms with Gasteiger partial charge in [-0.15, -0.1) is 0 Å². The molecule has 0 saturated carbocycles. The summed E-state index contributed by atoms with van der Waals surface area (Å²) >= 11 is 5.91. The lowest BCUT2D eigenvalue weighted by Gasteiger charge is -2.13. The van der Waals surface area contributed by atoms with Gasteiger partial charge in [-0.25, -0.2) is 13.2 Å². The Hall–Kier alpha value is -2.05. The summed E-state index contributed by atoms with van der Waals surface area (Å²) in [4.78, 5) is 10.7. The maximum atomic E-state index is 12.5. The highest BCUT2D eigenvalue weighted by molar-refractivity contribution is 7.92. The van der Waals surface area contributed by atoms with Crippen molar-refractivity contribution in [1.82, 2.24) is 0 Å². The summed E-state index contributed by atoms with van der Waals surface area (Å²) in [5.74, 6) is -1.22. The van der Waals surface area contributed by atoms with Gasteiger partial charge in [0.25, 0.3) is 10.0 Å². The van der Waals surface area contributed by atoms with E-state index in [1.165, 1.54) is 12.1 Å². The van der Waals surface area contributed by atoms with Crippen molar-refractivity contribution >= 4 is 33.3 Å². The zero-order valence-electron chi connectivity index (χ0n) is 11.9. The van der Waals surface area contributed by atoms with Crippen LogP contribution in [-0.4, -0.2) is 19.5 Å². The van der Waals surface area contributed by atoms with E-state index in [0.717, 1.165) is 17.2 Å². The molecule has 2 rings (SSSR count). The van der Waals surface area contributed by atoms with Gasteiger partial charge in [-0.2, -0.15) is 0 Å². The molecule has 0 atom stereocenters. The van der Waals surface area contributed by atoms with E-state index >= 15 is 0 Å². The minimum atomic E-state index is -3.98. The highest BCUT2D eigenvalue weighted by Gasteiger charge is 2.21. The predicted octanol–water partition coefficient (Wildman–Crippen LogP) is 3.46. The largest absolute Gasteiger partial charge is 0.478 e. The molecule has 5 nitrogen and oxygen atoms in total. The number of aryl methyl sites for hydroxylation is 1. The van der Waals surface area contributed by atoms with Crippen LogP contribution in [0.4, 0.5) is 5.69 Å². The molecule has 2 aromatic carbocycles. The molecule has 0 radical (unpaired) electrons. The molecule has 116 valence electrons. The molecule has 0 aliphatic heterocycles. The minimum absolute atomic E-state index is 0.0391. The van der Waals surface area contributed by atoms with Crippen LogP contribution in [0, 0.1) is 13.8 Å². The fourth-order valence-electron chi connectivity index (χ4n) is 1.90. The van der Waals surface area contributed by atoms with Crippen molar-refractivity contribution in [3.05, 3.63) is 58.1 Å². The third kappa shape index (κ3) is 3.23. The monoisotopic (exact) mass is 339 g/mol. The number of benzene rings is 2. The summed E-state index contributed by atoms with van der Waals surface area (Å²) < 4.78 is 27.4. The average Bonchev–Trinajstić information content (AvgIpc) is 2.43. The second-order valence-corrected chi connectivity index (χ2v) is 6.86. The molecule has 0 amide bonds. The number of sulfonamides is 1. The number of aromatic carboxylic acids is 1. The van der Waals surface area contributed by atoms with Crippen molar-refractivity contribution in [3.63, 3.8) is 0 Å². The van der Waals surface area contributed by atoms with Gasteiger partial charge in [0.05, 0.1) is 16.3 Å². The average molecular weight is 340 g/mol. The molecule has 2 N–H and O–H groups in total. The molecule has 0 saturated heterocycles. The number of carboxylic acids is 1. The molecular weight excluding hydrogens is 326 g/mol. The number of rotatable bonds is 4. The van der Waals surface area contributed by atoms with E-state index in [2.05, 4.69) is 4.72 Å². The number of hydrogen-bond donors (Lipinski definition) is 2. The van der Waals surface area contributed by atoms with Gasteiger partial charge in [0.2, 0.25) is 0 Å². The summed E-state index contributed by atoms with van der Waals surface area (Å²) in [6.07, 6.45) is 0. The maximum absolute atomic E-state index is 12.5. The topological polar surface area (TPSA) is 83.5 Å². The molecule has 0 bridgehead atoms. The van der Waals surface area contributed by atoms with Crippen LogP contribution in [0.1, 0.15) is 21.5 Å². The molecule has 0 aliphatic rings. The molecule has 0 fully saturated rings. The Balaban J connectivity index is 2.49. The molecule has 0 aliphatic carbocycles. The Morgan fingerprint density at radius 3 is 2.50 bits per heavy atom. The van der Waals surface area contributed by atoms with E-state index in [9.17, 15) is 13.2 Å². The van der Waals surface area contributed by atoms with Crippen LogP contribution in [0.15, 0.2) is 41.3 Å². The van der Waals surface area contributed by atoms with Gasteiger partial charge in [-0.05, 0) is 49.2 Å². The van der Waals surface area contributed by atoms with Gasteiger partial charge < -0.3 is 5.11 Å². The van der Waals surface area contributed by atoms with E-state index < -0.39 is 16.0 Å². The van der Waals surface area contributed by atoms with Crippen LogP contribution in [0.5, 0.6) is 0 Å². The first-order chi connectivity index (χ1) is 10.2. The maximum Gasteiger partial charge on any atom is 0.335 e. The lowest BCUT2D eigenvalue weighted by atomic mass is 10.1. The summed E-state index contributed by atoms with van der Waals surface area (Å²) in [7, 11) is -3.98. The third-order valence-electron chi connectivity index (χ3n) is 3.32. The van der Waals surface area contributed by atoms with Crippen molar-refractivity contribution in [3.8, 4) is 0 Å². The van der Waals surface area contributed by atoms with E-state index in [1.807, 2.05) is 13.0 Å². The molecule has 2 aromatic rings. The van der Waals surface area contributed by atoms with Gasteiger partial charge >= 0.3 is 5.97 Å². The Labute approximate surface area is 133 Å². The molecular formula is C15H14ClNO4S. The number of halogens is 1. The van der Waals surface area contributed by atoms with Gasteiger partial charge in [0.15, 0.2) is 0 Å². The second kappa shape index (κ2) is 5.98. The van der Waals surface area contributed by atoms with Crippen LogP contribution < -0.4 is 4.72 Å². The highest BCUT2D eigenvalue weighted by atomic mass is 35.5. The number of anilines is 1. The van der Waals surface area contributed by atoms with Crippen molar-refractivity contribution in [2.24, 2.45) is 0 Å². The molecule has 0 heterocycles. The van der Waals surface area contributed by atoms with Crippen LogP contribution >= 0.6 is 11.6 Å². The third-order valence-corrected chi connectivity index (χ3v) is 5.16. The van der Waals surface area contributed by atoms with Crippen molar-refractivity contribution in [2.75, 3.05) is 4.72 Å². The zero-order valence-corrected chi connectivity index (χ0v) is 13.5. The first-order valence-corrected chi connectivity index (χ1v) is 8.20. The molecule has 0 aromatic heterocycles. The Morgan fingerprint density at radius 2 is 1.86 bits per heavy atom. The van der Waals surface area contributed by atoms with Crippen LogP contribution in [0.25, 0.3) is 0 Å². The summed E-state index contributed by atoms with van der Waals surface area (Å²) in [5, 5.41) is 8.94. The predicted molar refractivity (Wildman–Crippen MR) is 85.1 cm³/mol. The number of carboxylic acid groups (broad SMARTS) is 1. The fraction of sp³-hybridized carbons (Fsp3) is 0.133. The van der Waals surface area contributed by atoms with Gasteiger partial charge in [-0.1, -0.05) is 23.7 Å². The lowest BCUT2D eigenvalue weighted by Crippen LogP contribution is -2.15. The van der Waals surface area contributed by atoms with Gasteiger partial charge in [0.1, 0.15) is 4.90 Å². The lowest BCUT2D eigenvalue weighted by molar-refractivity contribution is 0.0696. The molecule has 7 heteroatoms. The van der Waals surface area contributed by atoms with E-state index in [4.69, 9.17) is 16.7 Å².